The van der Waals surface area contributed by atoms with Gasteiger partial charge in [0, 0.05) is 11.4 Å². The molecule has 0 bridgehead atoms. The highest BCUT2D eigenvalue weighted by Gasteiger charge is 2.12. The quantitative estimate of drug-likeness (QED) is 0.534. The highest BCUT2D eigenvalue weighted by Crippen LogP contribution is 2.29. The van der Waals surface area contributed by atoms with E-state index in [-0.39, 0.29) is 6.04 Å². The summed E-state index contributed by atoms with van der Waals surface area (Å²) in [6.07, 6.45) is 0. The molecule has 0 amide bonds. The van der Waals surface area contributed by atoms with Gasteiger partial charge in [0.1, 0.15) is 5.82 Å². The molecule has 1 atom stereocenters. The van der Waals surface area contributed by atoms with E-state index in [1.165, 1.54) is 5.56 Å². The number of fused-ring (bicyclic) bond motifs is 1. The van der Waals surface area contributed by atoms with Gasteiger partial charge in [0.25, 0.3) is 0 Å². The highest BCUT2D eigenvalue weighted by molar-refractivity contribution is 7.13. The molecule has 4 heteroatoms. The van der Waals surface area contributed by atoms with Crippen molar-refractivity contribution in [3.63, 3.8) is 0 Å². The van der Waals surface area contributed by atoms with Crippen LogP contribution in [-0.2, 0) is 0 Å². The molecule has 0 aliphatic carbocycles. The number of thiophene rings is 1. The fourth-order valence-electron chi connectivity index (χ4n) is 2.73. The molecule has 4 aromatic rings. The van der Waals surface area contributed by atoms with Crippen molar-refractivity contribution in [1.82, 2.24) is 9.97 Å². The second-order valence-electron chi connectivity index (χ2n) is 5.67. The third kappa shape index (κ3) is 2.88. The van der Waals surface area contributed by atoms with Gasteiger partial charge in [-0.1, -0.05) is 48.5 Å². The van der Waals surface area contributed by atoms with E-state index in [0.29, 0.717) is 0 Å². The molecule has 0 spiro atoms. The molecule has 0 aliphatic heterocycles. The summed E-state index contributed by atoms with van der Waals surface area (Å²) < 4.78 is 0. The van der Waals surface area contributed by atoms with Crippen molar-refractivity contribution in [2.45, 2.75) is 13.0 Å². The topological polar surface area (TPSA) is 37.8 Å². The summed E-state index contributed by atoms with van der Waals surface area (Å²) in [6, 6.07) is 22.8. The minimum absolute atomic E-state index is 0.167. The van der Waals surface area contributed by atoms with E-state index in [9.17, 15) is 0 Å². The smallest absolute Gasteiger partial charge is 0.172 e. The van der Waals surface area contributed by atoms with Gasteiger partial charge >= 0.3 is 0 Å². The summed E-state index contributed by atoms with van der Waals surface area (Å²) in [5.41, 5.74) is 2.19. The molecule has 24 heavy (non-hydrogen) atoms. The van der Waals surface area contributed by atoms with Gasteiger partial charge in [0.2, 0.25) is 0 Å². The molecule has 0 aliphatic rings. The molecule has 118 valence electrons. The molecule has 2 aromatic heterocycles. The third-order valence-electron chi connectivity index (χ3n) is 4.00. The number of aromatic nitrogens is 2. The first kappa shape index (κ1) is 14.8. The Morgan fingerprint density at radius 2 is 1.67 bits per heavy atom. The van der Waals surface area contributed by atoms with E-state index < -0.39 is 0 Å². The average molecular weight is 331 g/mol. The molecule has 2 aromatic carbocycles. The molecule has 0 fully saturated rings. The predicted molar refractivity (Wildman–Crippen MR) is 101 cm³/mol. The fraction of sp³-hybridized carbons (Fsp3) is 0.100. The first-order chi connectivity index (χ1) is 11.8. The normalized spacial score (nSPS) is 12.2. The van der Waals surface area contributed by atoms with Gasteiger partial charge in [-0.3, -0.25) is 0 Å². The van der Waals surface area contributed by atoms with Crippen molar-refractivity contribution in [1.29, 1.82) is 0 Å². The van der Waals surface area contributed by atoms with Crippen molar-refractivity contribution >= 4 is 28.1 Å². The van der Waals surface area contributed by atoms with Gasteiger partial charge in [-0.2, -0.15) is 0 Å². The van der Waals surface area contributed by atoms with Crippen LogP contribution in [0.25, 0.3) is 21.6 Å². The lowest BCUT2D eigenvalue weighted by molar-refractivity contribution is 0.876. The summed E-state index contributed by atoms with van der Waals surface area (Å²) in [4.78, 5) is 10.6. The van der Waals surface area contributed by atoms with Crippen LogP contribution in [0.1, 0.15) is 18.5 Å². The SMILES string of the molecule is C[C@@H](Nc1nc(-c2cccs2)nc2ccccc12)c1ccccc1. The summed E-state index contributed by atoms with van der Waals surface area (Å²) in [5, 5.41) is 6.65. The van der Waals surface area contributed by atoms with E-state index >= 15 is 0 Å². The van der Waals surface area contributed by atoms with Gasteiger partial charge in [-0.25, -0.2) is 9.97 Å². The molecule has 3 nitrogen and oxygen atoms in total. The summed E-state index contributed by atoms with van der Waals surface area (Å²) in [6.45, 7) is 2.15. The second-order valence-corrected chi connectivity index (χ2v) is 6.61. The number of para-hydroxylation sites is 1. The maximum absolute atomic E-state index is 4.80. The third-order valence-corrected chi connectivity index (χ3v) is 4.86. The first-order valence-corrected chi connectivity index (χ1v) is 8.81. The van der Waals surface area contributed by atoms with Crippen LogP contribution < -0.4 is 5.32 Å². The number of hydrogen-bond donors (Lipinski definition) is 1. The predicted octanol–water partition coefficient (Wildman–Crippen LogP) is 5.53. The van der Waals surface area contributed by atoms with Crippen molar-refractivity contribution < 1.29 is 0 Å². The number of hydrogen-bond acceptors (Lipinski definition) is 4. The number of nitrogens with one attached hydrogen (secondary N) is 1. The van der Waals surface area contributed by atoms with E-state index in [2.05, 4.69) is 48.6 Å². The van der Waals surface area contributed by atoms with E-state index in [4.69, 9.17) is 9.97 Å². The van der Waals surface area contributed by atoms with E-state index in [1.807, 2.05) is 35.7 Å². The zero-order valence-corrected chi connectivity index (χ0v) is 14.1. The Balaban J connectivity index is 1.78. The van der Waals surface area contributed by atoms with Gasteiger partial charge < -0.3 is 5.32 Å². The maximum atomic E-state index is 4.80. The van der Waals surface area contributed by atoms with Crippen LogP contribution in [0.3, 0.4) is 0 Å². The molecule has 0 radical (unpaired) electrons. The van der Waals surface area contributed by atoms with Crippen LogP contribution in [-0.4, -0.2) is 9.97 Å². The van der Waals surface area contributed by atoms with Gasteiger partial charge in [0.05, 0.1) is 10.4 Å². The largest absolute Gasteiger partial charge is 0.363 e. The van der Waals surface area contributed by atoms with Crippen molar-refractivity contribution in [3.05, 3.63) is 77.7 Å². The minimum atomic E-state index is 0.167. The van der Waals surface area contributed by atoms with Crippen LogP contribution >= 0.6 is 11.3 Å². The summed E-state index contributed by atoms with van der Waals surface area (Å²) in [5.74, 6) is 1.65. The average Bonchev–Trinajstić information content (AvgIpc) is 3.17. The summed E-state index contributed by atoms with van der Waals surface area (Å²) in [7, 11) is 0. The van der Waals surface area contributed by atoms with Crippen molar-refractivity contribution in [2.75, 3.05) is 5.32 Å². The highest BCUT2D eigenvalue weighted by atomic mass is 32.1. The zero-order valence-electron chi connectivity index (χ0n) is 13.3. The van der Waals surface area contributed by atoms with Gasteiger partial charge in [-0.05, 0) is 36.1 Å². The molecule has 0 saturated carbocycles. The number of anilines is 1. The first-order valence-electron chi connectivity index (χ1n) is 7.93. The summed E-state index contributed by atoms with van der Waals surface area (Å²) >= 11 is 1.66. The van der Waals surface area contributed by atoms with Crippen molar-refractivity contribution in [2.24, 2.45) is 0 Å². The van der Waals surface area contributed by atoms with Crippen LogP contribution in [0, 0.1) is 0 Å². The Bertz CT molecular complexity index is 949. The Morgan fingerprint density at radius 3 is 2.46 bits per heavy atom. The zero-order chi connectivity index (χ0) is 16.4. The maximum Gasteiger partial charge on any atom is 0.172 e. The van der Waals surface area contributed by atoms with Crippen molar-refractivity contribution in [3.8, 4) is 10.7 Å². The number of rotatable bonds is 4. The number of nitrogens with zero attached hydrogens (tertiary/aromatic N) is 2. The van der Waals surface area contributed by atoms with E-state index in [1.54, 1.807) is 11.3 Å². The lowest BCUT2D eigenvalue weighted by Gasteiger charge is -2.17. The second kappa shape index (κ2) is 6.42. The lowest BCUT2D eigenvalue weighted by Crippen LogP contribution is -2.09. The Morgan fingerprint density at radius 1 is 0.875 bits per heavy atom. The number of benzene rings is 2. The molecular formula is C20H17N3S. The molecule has 1 N–H and O–H groups in total. The minimum Gasteiger partial charge on any atom is -0.363 e. The van der Waals surface area contributed by atoms with Crippen LogP contribution in [0.2, 0.25) is 0 Å². The monoisotopic (exact) mass is 331 g/mol. The Kier molecular flexibility index (Phi) is 3.97. The molecule has 2 heterocycles. The van der Waals surface area contributed by atoms with Crippen LogP contribution in [0.5, 0.6) is 0 Å². The van der Waals surface area contributed by atoms with Gasteiger partial charge in [0.15, 0.2) is 5.82 Å². The molecule has 0 saturated heterocycles. The van der Waals surface area contributed by atoms with Crippen LogP contribution in [0.4, 0.5) is 5.82 Å². The molecule has 0 unspecified atom stereocenters. The van der Waals surface area contributed by atoms with Gasteiger partial charge in [-0.15, -0.1) is 11.3 Å². The Labute approximate surface area is 145 Å². The standard InChI is InChI=1S/C20H17N3S/c1-14(15-8-3-2-4-9-15)21-19-16-10-5-6-11-17(16)22-20(23-19)18-12-7-13-24-18/h2-14H,1H3,(H,21,22,23)/t14-/m1/s1. The fourth-order valence-corrected chi connectivity index (χ4v) is 3.39. The molecule has 4 rings (SSSR count). The molecular weight excluding hydrogens is 314 g/mol. The van der Waals surface area contributed by atoms with E-state index in [0.717, 1.165) is 27.4 Å². The lowest BCUT2D eigenvalue weighted by atomic mass is 10.1. The Hall–Kier alpha value is -2.72. The van der Waals surface area contributed by atoms with Crippen LogP contribution in [0.15, 0.2) is 72.1 Å².